The third kappa shape index (κ3) is 2.39. The Bertz CT molecular complexity index is 593. The SMILES string of the molecule is C[C@@H]1Cc2cc(N3CCC4(CCNCC4)C3)ccc2C(=O)O1. The van der Waals surface area contributed by atoms with Crippen molar-refractivity contribution in [3.05, 3.63) is 29.3 Å². The van der Waals surface area contributed by atoms with Crippen LogP contribution in [0, 0.1) is 5.41 Å². The average Bonchev–Trinajstić information content (AvgIpc) is 2.91. The van der Waals surface area contributed by atoms with Gasteiger partial charge in [-0.2, -0.15) is 0 Å². The minimum absolute atomic E-state index is 0.00964. The normalized spacial score (nSPS) is 26.9. The van der Waals surface area contributed by atoms with Crippen LogP contribution in [0.4, 0.5) is 5.69 Å². The van der Waals surface area contributed by atoms with E-state index in [1.54, 1.807) is 0 Å². The molecule has 1 N–H and O–H groups in total. The Morgan fingerprint density at radius 2 is 2.09 bits per heavy atom. The molecule has 1 atom stereocenters. The first-order valence-corrected chi connectivity index (χ1v) is 8.45. The lowest BCUT2D eigenvalue weighted by molar-refractivity contribution is 0.0301. The number of carbonyl (C=O) groups is 1. The summed E-state index contributed by atoms with van der Waals surface area (Å²) >= 11 is 0. The maximum atomic E-state index is 11.9. The minimum Gasteiger partial charge on any atom is -0.459 e. The Labute approximate surface area is 131 Å². The van der Waals surface area contributed by atoms with Crippen molar-refractivity contribution in [2.24, 2.45) is 5.41 Å². The molecule has 0 aliphatic carbocycles. The van der Waals surface area contributed by atoms with Crippen LogP contribution in [0.1, 0.15) is 42.1 Å². The van der Waals surface area contributed by atoms with E-state index in [2.05, 4.69) is 22.3 Å². The number of hydrogen-bond donors (Lipinski definition) is 1. The zero-order chi connectivity index (χ0) is 15.2. The number of hydrogen-bond acceptors (Lipinski definition) is 4. The molecule has 118 valence electrons. The fourth-order valence-electron chi connectivity index (χ4n) is 4.26. The summed E-state index contributed by atoms with van der Waals surface area (Å²) in [6.07, 6.45) is 4.70. The molecule has 4 rings (SSSR count). The molecule has 1 aromatic rings. The molecule has 2 fully saturated rings. The third-order valence-electron chi connectivity index (χ3n) is 5.59. The Morgan fingerprint density at radius 3 is 2.91 bits per heavy atom. The Hall–Kier alpha value is -1.55. The van der Waals surface area contributed by atoms with Gasteiger partial charge in [-0.3, -0.25) is 0 Å². The van der Waals surface area contributed by atoms with Gasteiger partial charge in [-0.1, -0.05) is 0 Å². The summed E-state index contributed by atoms with van der Waals surface area (Å²) in [6, 6.07) is 6.26. The number of nitrogens with zero attached hydrogens (tertiary/aromatic N) is 1. The van der Waals surface area contributed by atoms with Crippen molar-refractivity contribution in [3.63, 3.8) is 0 Å². The number of esters is 1. The quantitative estimate of drug-likeness (QED) is 0.809. The Kier molecular flexibility index (Phi) is 3.37. The number of ether oxygens (including phenoxy) is 1. The van der Waals surface area contributed by atoms with Gasteiger partial charge in [0.15, 0.2) is 0 Å². The number of piperidine rings is 1. The molecule has 4 nitrogen and oxygen atoms in total. The molecular weight excluding hydrogens is 276 g/mol. The van der Waals surface area contributed by atoms with Crippen molar-refractivity contribution >= 4 is 11.7 Å². The van der Waals surface area contributed by atoms with Crippen LogP contribution < -0.4 is 10.2 Å². The summed E-state index contributed by atoms with van der Waals surface area (Å²) in [5, 5.41) is 3.47. The molecule has 3 heterocycles. The summed E-state index contributed by atoms with van der Waals surface area (Å²) in [5.74, 6) is -0.170. The summed E-state index contributed by atoms with van der Waals surface area (Å²) in [4.78, 5) is 14.4. The number of rotatable bonds is 1. The van der Waals surface area contributed by atoms with Crippen LogP contribution in [0.5, 0.6) is 0 Å². The van der Waals surface area contributed by atoms with Crippen LogP contribution >= 0.6 is 0 Å². The van der Waals surface area contributed by atoms with E-state index in [9.17, 15) is 4.79 Å². The highest BCUT2D eigenvalue weighted by atomic mass is 16.5. The van der Waals surface area contributed by atoms with Gasteiger partial charge in [-0.15, -0.1) is 0 Å². The lowest BCUT2D eigenvalue weighted by Gasteiger charge is -2.34. The highest BCUT2D eigenvalue weighted by Gasteiger charge is 2.39. The monoisotopic (exact) mass is 300 g/mol. The molecular formula is C18H24N2O2. The van der Waals surface area contributed by atoms with Gasteiger partial charge in [0.1, 0.15) is 6.10 Å². The predicted molar refractivity (Wildman–Crippen MR) is 86.4 cm³/mol. The highest BCUT2D eigenvalue weighted by Crippen LogP contribution is 2.40. The van der Waals surface area contributed by atoms with Crippen molar-refractivity contribution in [2.45, 2.75) is 38.7 Å². The number of benzene rings is 1. The number of carbonyl (C=O) groups excluding carboxylic acids is 1. The molecule has 3 aliphatic rings. The number of cyclic esters (lactones) is 1. The van der Waals surface area contributed by atoms with E-state index in [4.69, 9.17) is 4.74 Å². The largest absolute Gasteiger partial charge is 0.459 e. The van der Waals surface area contributed by atoms with E-state index in [0.29, 0.717) is 5.41 Å². The van der Waals surface area contributed by atoms with E-state index in [0.717, 1.165) is 43.7 Å². The summed E-state index contributed by atoms with van der Waals surface area (Å²) < 4.78 is 5.31. The van der Waals surface area contributed by atoms with Gasteiger partial charge in [-0.05, 0) is 68.5 Å². The molecule has 0 unspecified atom stereocenters. The van der Waals surface area contributed by atoms with Crippen molar-refractivity contribution in [3.8, 4) is 0 Å². The van der Waals surface area contributed by atoms with Gasteiger partial charge in [0, 0.05) is 25.2 Å². The van der Waals surface area contributed by atoms with E-state index >= 15 is 0 Å². The lowest BCUT2D eigenvalue weighted by atomic mass is 9.78. The van der Waals surface area contributed by atoms with Crippen LogP contribution in [0.2, 0.25) is 0 Å². The van der Waals surface area contributed by atoms with Gasteiger partial charge in [-0.25, -0.2) is 4.79 Å². The number of fused-ring (bicyclic) bond motifs is 1. The van der Waals surface area contributed by atoms with Crippen molar-refractivity contribution < 1.29 is 9.53 Å². The van der Waals surface area contributed by atoms with Crippen LogP contribution in [0.25, 0.3) is 0 Å². The van der Waals surface area contributed by atoms with Crippen molar-refractivity contribution in [2.75, 3.05) is 31.1 Å². The molecule has 1 aromatic carbocycles. The molecule has 0 saturated carbocycles. The maximum Gasteiger partial charge on any atom is 0.338 e. The van der Waals surface area contributed by atoms with Gasteiger partial charge < -0.3 is 15.0 Å². The second-order valence-electron chi connectivity index (χ2n) is 7.18. The topological polar surface area (TPSA) is 41.6 Å². The second-order valence-corrected chi connectivity index (χ2v) is 7.18. The van der Waals surface area contributed by atoms with Gasteiger partial charge >= 0.3 is 5.97 Å². The first-order chi connectivity index (χ1) is 10.7. The van der Waals surface area contributed by atoms with Gasteiger partial charge in [0.2, 0.25) is 0 Å². The first kappa shape index (κ1) is 14.1. The lowest BCUT2D eigenvalue weighted by Crippen LogP contribution is -2.38. The van der Waals surface area contributed by atoms with Gasteiger partial charge in [0.05, 0.1) is 5.56 Å². The Morgan fingerprint density at radius 1 is 1.27 bits per heavy atom. The van der Waals surface area contributed by atoms with E-state index in [1.807, 2.05) is 13.0 Å². The third-order valence-corrected chi connectivity index (χ3v) is 5.59. The molecule has 3 aliphatic heterocycles. The van der Waals surface area contributed by atoms with Crippen LogP contribution in [0.3, 0.4) is 0 Å². The summed E-state index contributed by atoms with van der Waals surface area (Å²) in [5.41, 5.74) is 3.68. The van der Waals surface area contributed by atoms with Gasteiger partial charge in [0.25, 0.3) is 0 Å². The molecule has 0 bridgehead atoms. The number of anilines is 1. The summed E-state index contributed by atoms with van der Waals surface area (Å²) in [7, 11) is 0. The molecule has 22 heavy (non-hydrogen) atoms. The molecule has 2 saturated heterocycles. The summed E-state index contributed by atoms with van der Waals surface area (Å²) in [6.45, 7) is 6.57. The minimum atomic E-state index is -0.170. The smallest absolute Gasteiger partial charge is 0.338 e. The average molecular weight is 300 g/mol. The molecule has 0 radical (unpaired) electrons. The zero-order valence-electron chi connectivity index (χ0n) is 13.2. The second kappa shape index (κ2) is 5.27. The molecule has 1 spiro atoms. The van der Waals surface area contributed by atoms with E-state index in [-0.39, 0.29) is 12.1 Å². The van der Waals surface area contributed by atoms with Crippen LogP contribution in [-0.4, -0.2) is 38.3 Å². The predicted octanol–water partition coefficient (Wildman–Crippen LogP) is 2.37. The highest BCUT2D eigenvalue weighted by molar-refractivity contribution is 5.92. The fourth-order valence-corrected chi connectivity index (χ4v) is 4.26. The van der Waals surface area contributed by atoms with Crippen LogP contribution in [0.15, 0.2) is 18.2 Å². The zero-order valence-corrected chi connectivity index (χ0v) is 13.2. The Balaban J connectivity index is 1.56. The van der Waals surface area contributed by atoms with Crippen LogP contribution in [-0.2, 0) is 11.2 Å². The number of nitrogens with one attached hydrogen (secondary N) is 1. The van der Waals surface area contributed by atoms with Crippen molar-refractivity contribution in [1.82, 2.24) is 5.32 Å². The van der Waals surface area contributed by atoms with E-state index < -0.39 is 0 Å². The standard InChI is InChI=1S/C18H24N2O2/c1-13-10-14-11-15(2-3-16(14)17(21)22-13)20-9-6-18(12-20)4-7-19-8-5-18/h2-3,11,13,19H,4-10,12H2,1H3/t13-/m1/s1. The maximum absolute atomic E-state index is 11.9. The fraction of sp³-hybridized carbons (Fsp3) is 0.611. The molecule has 4 heteroatoms. The van der Waals surface area contributed by atoms with E-state index in [1.165, 1.54) is 24.9 Å². The first-order valence-electron chi connectivity index (χ1n) is 8.45. The van der Waals surface area contributed by atoms with Crippen molar-refractivity contribution in [1.29, 1.82) is 0 Å². The molecule has 0 amide bonds. The molecule has 0 aromatic heterocycles.